The molecule has 1 atom stereocenters. The minimum atomic E-state index is 0.0419. The lowest BCUT2D eigenvalue weighted by Gasteiger charge is -2.32. The first-order chi connectivity index (χ1) is 16.0. The molecular formula is C26H31ClN4O2. The number of piperidine rings is 1. The van der Waals surface area contributed by atoms with Crippen molar-refractivity contribution in [1.29, 1.82) is 0 Å². The number of hydrogen-bond donors (Lipinski definition) is 1. The molecule has 2 fully saturated rings. The highest BCUT2D eigenvalue weighted by molar-refractivity contribution is 6.32. The molecular weight excluding hydrogens is 436 g/mol. The number of fused-ring (bicyclic) bond motifs is 1. The second kappa shape index (κ2) is 9.35. The van der Waals surface area contributed by atoms with Crippen LogP contribution < -0.4 is 10.2 Å². The molecule has 0 aliphatic carbocycles. The molecule has 1 amide bonds. The number of carbonyl (C=O) groups is 1. The minimum Gasteiger partial charge on any atom is -0.379 e. The van der Waals surface area contributed by atoms with Crippen LogP contribution in [0.1, 0.15) is 37.3 Å². The third-order valence-electron chi connectivity index (χ3n) is 6.94. The number of aryl methyl sites for hydroxylation is 2. The second-order valence-electron chi connectivity index (χ2n) is 9.19. The maximum atomic E-state index is 12.7. The summed E-state index contributed by atoms with van der Waals surface area (Å²) in [6, 6.07) is 12.9. The normalized spacial score (nSPS) is 19.4. The molecule has 2 saturated heterocycles. The van der Waals surface area contributed by atoms with E-state index in [4.69, 9.17) is 21.3 Å². The fraction of sp³-hybridized carbons (Fsp3) is 0.462. The molecule has 7 heteroatoms. The average Bonchev–Trinajstić information content (AvgIpc) is 3.47. The van der Waals surface area contributed by atoms with Crippen LogP contribution in [-0.4, -0.2) is 47.8 Å². The molecule has 0 spiro atoms. The molecule has 33 heavy (non-hydrogen) atoms. The molecule has 0 bridgehead atoms. The quantitative estimate of drug-likeness (QED) is 0.593. The van der Waals surface area contributed by atoms with Gasteiger partial charge in [0.25, 0.3) is 0 Å². The average molecular weight is 467 g/mol. The van der Waals surface area contributed by atoms with Crippen LogP contribution >= 0.6 is 11.6 Å². The van der Waals surface area contributed by atoms with Gasteiger partial charge < -0.3 is 15.0 Å². The van der Waals surface area contributed by atoms with Crippen LogP contribution in [0.3, 0.4) is 0 Å². The summed E-state index contributed by atoms with van der Waals surface area (Å²) < 4.78 is 7.62. The monoisotopic (exact) mass is 466 g/mol. The van der Waals surface area contributed by atoms with Crippen molar-refractivity contribution in [3.8, 4) is 5.69 Å². The van der Waals surface area contributed by atoms with Crippen LogP contribution in [0.15, 0.2) is 36.4 Å². The van der Waals surface area contributed by atoms with E-state index in [1.54, 1.807) is 0 Å². The van der Waals surface area contributed by atoms with E-state index in [9.17, 15) is 4.79 Å². The van der Waals surface area contributed by atoms with Crippen LogP contribution in [-0.2, 0) is 16.0 Å². The van der Waals surface area contributed by atoms with E-state index in [0.717, 1.165) is 78.6 Å². The Morgan fingerprint density at radius 3 is 2.61 bits per heavy atom. The number of anilines is 1. The van der Waals surface area contributed by atoms with Gasteiger partial charge in [0.15, 0.2) is 0 Å². The van der Waals surface area contributed by atoms with E-state index in [0.29, 0.717) is 6.61 Å². The van der Waals surface area contributed by atoms with Gasteiger partial charge in [-0.1, -0.05) is 30.7 Å². The Morgan fingerprint density at radius 1 is 1.18 bits per heavy atom. The van der Waals surface area contributed by atoms with Gasteiger partial charge in [-0.25, -0.2) is 4.98 Å². The second-order valence-corrected chi connectivity index (χ2v) is 9.59. The zero-order valence-electron chi connectivity index (χ0n) is 19.3. The van der Waals surface area contributed by atoms with Gasteiger partial charge in [0.2, 0.25) is 11.9 Å². The Balaban J connectivity index is 1.42. The first kappa shape index (κ1) is 22.2. The number of ether oxygens (including phenoxy) is 1. The fourth-order valence-corrected chi connectivity index (χ4v) is 5.00. The van der Waals surface area contributed by atoms with Crippen molar-refractivity contribution in [1.82, 2.24) is 14.9 Å². The van der Waals surface area contributed by atoms with Crippen molar-refractivity contribution in [2.75, 3.05) is 31.2 Å². The Morgan fingerprint density at radius 2 is 1.94 bits per heavy atom. The van der Waals surface area contributed by atoms with Gasteiger partial charge >= 0.3 is 0 Å². The van der Waals surface area contributed by atoms with Gasteiger partial charge in [0.1, 0.15) is 0 Å². The Hall–Kier alpha value is -2.57. The van der Waals surface area contributed by atoms with Crippen LogP contribution in [0.25, 0.3) is 16.7 Å². The molecule has 1 aromatic heterocycles. The van der Waals surface area contributed by atoms with Crippen molar-refractivity contribution < 1.29 is 9.53 Å². The third-order valence-corrected chi connectivity index (χ3v) is 7.35. The van der Waals surface area contributed by atoms with Gasteiger partial charge in [-0.3, -0.25) is 9.36 Å². The van der Waals surface area contributed by atoms with E-state index in [1.165, 1.54) is 5.56 Å². The molecule has 0 unspecified atom stereocenters. The van der Waals surface area contributed by atoms with Gasteiger partial charge in [0, 0.05) is 36.3 Å². The summed E-state index contributed by atoms with van der Waals surface area (Å²) in [6.45, 7) is 7.15. The molecule has 0 radical (unpaired) electrons. The lowest BCUT2D eigenvalue weighted by atomic mass is 9.95. The highest BCUT2D eigenvalue weighted by atomic mass is 35.5. The SMILES string of the molecule is CCc1ccc(-n2c(N3CCC(C(=O)N[C@@H]4CCOC4)CC3)nc3cc(Cl)c(C)cc32)cc1. The summed E-state index contributed by atoms with van der Waals surface area (Å²) in [5, 5.41) is 3.90. The first-order valence-electron chi connectivity index (χ1n) is 11.9. The summed E-state index contributed by atoms with van der Waals surface area (Å²) in [5.74, 6) is 1.12. The number of imidazole rings is 1. The van der Waals surface area contributed by atoms with Crippen LogP contribution in [0, 0.1) is 12.8 Å². The molecule has 3 aromatic rings. The van der Waals surface area contributed by atoms with E-state index in [2.05, 4.69) is 52.0 Å². The predicted molar refractivity (Wildman–Crippen MR) is 132 cm³/mol. The zero-order valence-corrected chi connectivity index (χ0v) is 20.1. The number of nitrogens with zero attached hydrogens (tertiary/aromatic N) is 3. The van der Waals surface area contributed by atoms with Crippen molar-refractivity contribution >= 4 is 34.5 Å². The van der Waals surface area contributed by atoms with Crippen molar-refractivity contribution in [2.24, 2.45) is 5.92 Å². The van der Waals surface area contributed by atoms with Crippen molar-refractivity contribution in [3.05, 3.63) is 52.5 Å². The molecule has 1 N–H and O–H groups in total. The summed E-state index contributed by atoms with van der Waals surface area (Å²) in [5.41, 5.74) is 5.38. The molecule has 2 aliphatic rings. The predicted octanol–water partition coefficient (Wildman–Crippen LogP) is 4.67. The highest BCUT2D eigenvalue weighted by Crippen LogP contribution is 2.33. The molecule has 2 aliphatic heterocycles. The highest BCUT2D eigenvalue weighted by Gasteiger charge is 2.30. The third kappa shape index (κ3) is 4.46. The largest absolute Gasteiger partial charge is 0.379 e. The van der Waals surface area contributed by atoms with Crippen LogP contribution in [0.5, 0.6) is 0 Å². The lowest BCUT2D eigenvalue weighted by Crippen LogP contribution is -2.44. The molecule has 2 aromatic carbocycles. The molecule has 5 rings (SSSR count). The number of nitrogens with one attached hydrogen (secondary N) is 1. The number of amides is 1. The summed E-state index contributed by atoms with van der Waals surface area (Å²) >= 11 is 6.43. The Bertz CT molecular complexity index is 1140. The van der Waals surface area contributed by atoms with Crippen molar-refractivity contribution in [3.63, 3.8) is 0 Å². The Labute approximate surface area is 199 Å². The number of hydrogen-bond acceptors (Lipinski definition) is 4. The fourth-order valence-electron chi connectivity index (χ4n) is 4.85. The van der Waals surface area contributed by atoms with Crippen molar-refractivity contribution in [2.45, 2.75) is 45.6 Å². The van der Waals surface area contributed by atoms with E-state index in [-0.39, 0.29) is 17.9 Å². The van der Waals surface area contributed by atoms with E-state index in [1.807, 2.05) is 13.0 Å². The van der Waals surface area contributed by atoms with E-state index < -0.39 is 0 Å². The number of carbonyl (C=O) groups excluding carboxylic acids is 1. The minimum absolute atomic E-state index is 0.0419. The smallest absolute Gasteiger partial charge is 0.223 e. The summed E-state index contributed by atoms with van der Waals surface area (Å²) in [4.78, 5) is 20.0. The maximum Gasteiger partial charge on any atom is 0.223 e. The van der Waals surface area contributed by atoms with Gasteiger partial charge in [-0.05, 0) is 68.0 Å². The number of benzene rings is 2. The van der Waals surface area contributed by atoms with Gasteiger partial charge in [-0.2, -0.15) is 0 Å². The molecule has 174 valence electrons. The van der Waals surface area contributed by atoms with Crippen LogP contribution in [0.2, 0.25) is 5.02 Å². The lowest BCUT2D eigenvalue weighted by molar-refractivity contribution is -0.126. The number of halogens is 1. The summed E-state index contributed by atoms with van der Waals surface area (Å²) in [7, 11) is 0. The van der Waals surface area contributed by atoms with E-state index >= 15 is 0 Å². The summed E-state index contributed by atoms with van der Waals surface area (Å²) in [6.07, 6.45) is 3.55. The Kier molecular flexibility index (Phi) is 6.30. The standard InChI is InChI=1S/C26H31ClN4O2/c1-3-18-4-6-21(7-5-18)31-24-14-17(2)22(27)15-23(24)29-26(31)30-11-8-19(9-12-30)25(32)28-20-10-13-33-16-20/h4-7,14-15,19-20H,3,8-13,16H2,1-2H3,(H,28,32)/t20-/m1/s1. The van der Waals surface area contributed by atoms with Crippen LogP contribution in [0.4, 0.5) is 5.95 Å². The number of rotatable bonds is 5. The maximum absolute atomic E-state index is 12.7. The molecule has 0 saturated carbocycles. The first-order valence-corrected chi connectivity index (χ1v) is 12.3. The topological polar surface area (TPSA) is 59.4 Å². The van der Waals surface area contributed by atoms with Gasteiger partial charge in [0.05, 0.1) is 23.7 Å². The van der Waals surface area contributed by atoms with Gasteiger partial charge in [-0.15, -0.1) is 0 Å². The number of aromatic nitrogens is 2. The molecule has 3 heterocycles. The molecule has 6 nitrogen and oxygen atoms in total. The zero-order chi connectivity index (χ0) is 22.9.